The lowest BCUT2D eigenvalue weighted by molar-refractivity contribution is 0.00772. The molecule has 1 atom stereocenters. The molecule has 5 nitrogen and oxygen atoms in total. The Morgan fingerprint density at radius 1 is 1.43 bits per heavy atom. The van der Waals surface area contributed by atoms with Gasteiger partial charge in [-0.05, 0) is 45.7 Å². The first kappa shape index (κ1) is 17.1. The minimum Gasteiger partial charge on any atom is -0.488 e. The van der Waals surface area contributed by atoms with Crippen LogP contribution in [0, 0.1) is 17.1 Å². The van der Waals surface area contributed by atoms with Gasteiger partial charge in [-0.1, -0.05) is 0 Å². The van der Waals surface area contributed by atoms with E-state index in [9.17, 15) is 9.18 Å². The zero-order chi connectivity index (χ0) is 17.0. The van der Waals surface area contributed by atoms with Gasteiger partial charge in [0.05, 0.1) is 12.1 Å². The first-order valence-electron chi connectivity index (χ1n) is 7.63. The van der Waals surface area contributed by atoms with Gasteiger partial charge in [-0.2, -0.15) is 5.26 Å². The summed E-state index contributed by atoms with van der Waals surface area (Å²) in [5.74, 6) is -0.248. The van der Waals surface area contributed by atoms with Crippen LogP contribution in [0.15, 0.2) is 18.2 Å². The van der Waals surface area contributed by atoms with Crippen molar-refractivity contribution in [3.8, 4) is 11.8 Å². The highest BCUT2D eigenvalue weighted by molar-refractivity contribution is 5.68. The van der Waals surface area contributed by atoms with E-state index >= 15 is 0 Å². The van der Waals surface area contributed by atoms with Crippen LogP contribution in [-0.2, 0) is 4.74 Å². The third-order valence-corrected chi connectivity index (χ3v) is 3.39. The number of hydrogen-bond acceptors (Lipinski definition) is 4. The average molecular weight is 320 g/mol. The number of carbonyl (C=O) groups excluding carboxylic acids is 1. The summed E-state index contributed by atoms with van der Waals surface area (Å²) < 4.78 is 24.7. The number of halogens is 1. The van der Waals surface area contributed by atoms with Crippen LogP contribution < -0.4 is 4.74 Å². The summed E-state index contributed by atoms with van der Waals surface area (Å²) in [6.07, 6.45) is 0.990. The van der Waals surface area contributed by atoms with Gasteiger partial charge in [0.15, 0.2) is 0 Å². The smallest absolute Gasteiger partial charge is 0.410 e. The number of rotatable bonds is 2. The Kier molecular flexibility index (Phi) is 5.09. The fraction of sp³-hybridized carbons (Fsp3) is 0.529. The van der Waals surface area contributed by atoms with Crippen LogP contribution in [0.25, 0.3) is 0 Å². The highest BCUT2D eigenvalue weighted by atomic mass is 19.1. The van der Waals surface area contributed by atoms with Gasteiger partial charge in [0.1, 0.15) is 29.3 Å². The fourth-order valence-corrected chi connectivity index (χ4v) is 2.38. The van der Waals surface area contributed by atoms with Gasteiger partial charge in [-0.25, -0.2) is 9.18 Å². The predicted molar refractivity (Wildman–Crippen MR) is 82.6 cm³/mol. The molecule has 1 aromatic rings. The van der Waals surface area contributed by atoms with Crippen molar-refractivity contribution in [3.63, 3.8) is 0 Å². The van der Waals surface area contributed by atoms with Crippen LogP contribution in [0.4, 0.5) is 9.18 Å². The summed E-state index contributed by atoms with van der Waals surface area (Å²) in [5.41, 5.74) is -0.558. The molecule has 0 spiro atoms. The third kappa shape index (κ3) is 4.85. The van der Waals surface area contributed by atoms with Crippen molar-refractivity contribution in [3.05, 3.63) is 29.6 Å². The Bertz CT molecular complexity index is 619. The van der Waals surface area contributed by atoms with Crippen molar-refractivity contribution in [2.75, 3.05) is 13.1 Å². The summed E-state index contributed by atoms with van der Waals surface area (Å²) in [5, 5.41) is 8.73. The SMILES string of the molecule is CC(C)(C)OC(=O)N1CCC[C@@H](Oc2ccc(C#N)c(F)c2)C1. The number of piperidine rings is 1. The Morgan fingerprint density at radius 3 is 2.78 bits per heavy atom. The van der Waals surface area contributed by atoms with Crippen LogP contribution >= 0.6 is 0 Å². The molecule has 0 bridgehead atoms. The maximum Gasteiger partial charge on any atom is 0.410 e. The highest BCUT2D eigenvalue weighted by Gasteiger charge is 2.28. The van der Waals surface area contributed by atoms with Crippen molar-refractivity contribution < 1.29 is 18.7 Å². The lowest BCUT2D eigenvalue weighted by Crippen LogP contribution is -2.46. The topological polar surface area (TPSA) is 62.6 Å². The number of hydrogen-bond donors (Lipinski definition) is 0. The van der Waals surface area contributed by atoms with Crippen LogP contribution in [0.5, 0.6) is 5.75 Å². The minimum atomic E-state index is -0.607. The molecule has 1 saturated heterocycles. The maximum atomic E-state index is 13.6. The van der Waals surface area contributed by atoms with Crippen LogP contribution in [0.2, 0.25) is 0 Å². The number of benzene rings is 1. The van der Waals surface area contributed by atoms with E-state index in [-0.39, 0.29) is 17.8 Å². The van der Waals surface area contributed by atoms with E-state index in [1.54, 1.807) is 17.0 Å². The zero-order valence-corrected chi connectivity index (χ0v) is 13.6. The Hall–Kier alpha value is -2.29. The molecule has 1 aliphatic rings. The number of carbonyl (C=O) groups is 1. The number of nitrogens with zero attached hydrogens (tertiary/aromatic N) is 2. The van der Waals surface area contributed by atoms with Gasteiger partial charge < -0.3 is 14.4 Å². The van der Waals surface area contributed by atoms with E-state index in [2.05, 4.69) is 0 Å². The van der Waals surface area contributed by atoms with E-state index in [0.717, 1.165) is 12.8 Å². The minimum absolute atomic E-state index is 0.0172. The second-order valence-electron chi connectivity index (χ2n) is 6.56. The first-order valence-corrected chi connectivity index (χ1v) is 7.63. The molecule has 0 saturated carbocycles. The van der Waals surface area contributed by atoms with E-state index in [1.807, 2.05) is 20.8 Å². The standard InChI is InChI=1S/C17H21FN2O3/c1-17(2,3)23-16(21)20-8-4-5-14(11-20)22-13-7-6-12(10-19)15(18)9-13/h6-7,9,14H,4-5,8,11H2,1-3H3/t14-/m1/s1. The van der Waals surface area contributed by atoms with Crippen LogP contribution in [0.1, 0.15) is 39.2 Å². The molecular formula is C17H21FN2O3. The quantitative estimate of drug-likeness (QED) is 0.837. The van der Waals surface area contributed by atoms with Crippen LogP contribution in [0.3, 0.4) is 0 Å². The normalized spacial score (nSPS) is 18.2. The maximum absolute atomic E-state index is 13.6. The summed E-state index contributed by atoms with van der Waals surface area (Å²) in [6.45, 7) is 6.49. The van der Waals surface area contributed by atoms with Gasteiger partial charge in [0, 0.05) is 12.6 Å². The van der Waals surface area contributed by atoms with Gasteiger partial charge >= 0.3 is 6.09 Å². The molecule has 1 fully saturated rings. The molecule has 6 heteroatoms. The molecule has 0 N–H and O–H groups in total. The van der Waals surface area contributed by atoms with E-state index in [1.165, 1.54) is 12.1 Å². The van der Waals surface area contributed by atoms with Crippen molar-refractivity contribution in [1.82, 2.24) is 4.90 Å². The average Bonchev–Trinajstić information content (AvgIpc) is 2.46. The van der Waals surface area contributed by atoms with Crippen molar-refractivity contribution >= 4 is 6.09 Å². The number of nitriles is 1. The van der Waals surface area contributed by atoms with E-state index in [0.29, 0.717) is 18.8 Å². The third-order valence-electron chi connectivity index (χ3n) is 3.39. The molecule has 23 heavy (non-hydrogen) atoms. The fourth-order valence-electron chi connectivity index (χ4n) is 2.38. The molecule has 1 amide bonds. The van der Waals surface area contributed by atoms with E-state index in [4.69, 9.17) is 14.7 Å². The van der Waals surface area contributed by atoms with E-state index < -0.39 is 11.4 Å². The Morgan fingerprint density at radius 2 is 2.17 bits per heavy atom. The van der Waals surface area contributed by atoms with Gasteiger partial charge in [-0.3, -0.25) is 0 Å². The Balaban J connectivity index is 1.98. The molecule has 1 aromatic carbocycles. The van der Waals surface area contributed by atoms with Crippen molar-refractivity contribution in [2.45, 2.75) is 45.3 Å². The van der Waals surface area contributed by atoms with Crippen molar-refractivity contribution in [2.24, 2.45) is 0 Å². The zero-order valence-electron chi connectivity index (χ0n) is 13.6. The number of amides is 1. The summed E-state index contributed by atoms with van der Waals surface area (Å²) >= 11 is 0. The monoisotopic (exact) mass is 320 g/mol. The van der Waals surface area contributed by atoms with Gasteiger partial charge in [0.25, 0.3) is 0 Å². The summed E-state index contributed by atoms with van der Waals surface area (Å²) in [4.78, 5) is 13.7. The second-order valence-corrected chi connectivity index (χ2v) is 6.56. The second kappa shape index (κ2) is 6.86. The molecule has 0 aliphatic carbocycles. The first-order chi connectivity index (χ1) is 10.8. The molecule has 0 unspecified atom stereocenters. The lowest BCUT2D eigenvalue weighted by atomic mass is 10.1. The highest BCUT2D eigenvalue weighted by Crippen LogP contribution is 2.22. The molecule has 1 aliphatic heterocycles. The number of likely N-dealkylation sites (tertiary alicyclic amines) is 1. The molecule has 124 valence electrons. The lowest BCUT2D eigenvalue weighted by Gasteiger charge is -2.34. The largest absolute Gasteiger partial charge is 0.488 e. The number of ether oxygens (including phenoxy) is 2. The van der Waals surface area contributed by atoms with Crippen LogP contribution in [-0.4, -0.2) is 35.8 Å². The van der Waals surface area contributed by atoms with Gasteiger partial charge in [-0.15, -0.1) is 0 Å². The summed E-state index contributed by atoms with van der Waals surface area (Å²) in [7, 11) is 0. The predicted octanol–water partition coefficient (Wildman–Crippen LogP) is 3.48. The van der Waals surface area contributed by atoms with Crippen molar-refractivity contribution in [1.29, 1.82) is 5.26 Å². The van der Waals surface area contributed by atoms with Gasteiger partial charge in [0.2, 0.25) is 0 Å². The molecular weight excluding hydrogens is 299 g/mol. The Labute approximate surface area is 135 Å². The molecule has 2 rings (SSSR count). The summed E-state index contributed by atoms with van der Waals surface area (Å²) in [6, 6.07) is 5.92. The molecule has 0 radical (unpaired) electrons. The molecule has 1 heterocycles. The molecule has 0 aromatic heterocycles.